The number of hydrogen-bond acceptors (Lipinski definition) is 9. The van der Waals surface area contributed by atoms with Gasteiger partial charge in [0.05, 0.1) is 37.9 Å². The van der Waals surface area contributed by atoms with E-state index in [1.807, 2.05) is 97.9 Å². The highest BCUT2D eigenvalue weighted by atomic mass is 32.2. The predicted octanol–water partition coefficient (Wildman–Crippen LogP) is 8.23. The second-order valence-corrected chi connectivity index (χ2v) is 18.7. The topological polar surface area (TPSA) is 136 Å². The van der Waals surface area contributed by atoms with Crippen LogP contribution in [0.25, 0.3) is 11.1 Å². The van der Waals surface area contributed by atoms with Crippen molar-refractivity contribution in [3.63, 3.8) is 0 Å². The highest BCUT2D eigenvalue weighted by molar-refractivity contribution is 7.89. The molecule has 0 aliphatic carbocycles. The Balaban J connectivity index is 0.967. The van der Waals surface area contributed by atoms with Gasteiger partial charge >= 0.3 is 0 Å². The normalized spacial score (nSPS) is 19.2. The van der Waals surface area contributed by atoms with Gasteiger partial charge in [0.1, 0.15) is 6.04 Å². The van der Waals surface area contributed by atoms with Crippen LogP contribution in [-0.2, 0) is 56.8 Å². The van der Waals surface area contributed by atoms with Crippen molar-refractivity contribution in [1.82, 2.24) is 14.9 Å². The van der Waals surface area contributed by atoms with Gasteiger partial charge in [-0.15, -0.1) is 0 Å². The van der Waals surface area contributed by atoms with E-state index in [9.17, 15) is 18.3 Å². The fourth-order valence-corrected chi connectivity index (χ4v) is 9.89. The number of benzene rings is 6. The zero-order chi connectivity index (χ0) is 45.5. The molecule has 65 heavy (non-hydrogen) atoms. The van der Waals surface area contributed by atoms with Gasteiger partial charge in [0.15, 0.2) is 17.8 Å². The number of hydrogen-bond donors (Lipinski definition) is 3. The maximum absolute atomic E-state index is 13.7. The molecule has 0 saturated carbocycles. The number of aliphatic hydroxyl groups excluding tert-OH is 1. The molecule has 3 N–H and O–H groups in total. The number of methoxy groups -OCH3 is 2. The third-order valence-corrected chi connectivity index (χ3v) is 14.0. The van der Waals surface area contributed by atoms with Gasteiger partial charge in [-0.2, -0.15) is 4.72 Å². The summed E-state index contributed by atoms with van der Waals surface area (Å²) in [5.41, 5.74) is 9.83. The van der Waals surface area contributed by atoms with Gasteiger partial charge in [0.25, 0.3) is 0 Å². The molecule has 1 saturated heterocycles. The van der Waals surface area contributed by atoms with Crippen molar-refractivity contribution in [3.05, 3.63) is 184 Å². The molecule has 6 aromatic carbocycles. The molecule has 2 heterocycles. The van der Waals surface area contributed by atoms with Crippen molar-refractivity contribution in [2.24, 2.45) is 5.92 Å². The van der Waals surface area contributed by atoms with Crippen LogP contribution in [0.2, 0.25) is 0 Å². The lowest BCUT2D eigenvalue weighted by Gasteiger charge is -2.43. The van der Waals surface area contributed by atoms with E-state index in [1.54, 1.807) is 38.5 Å². The number of nitrogens with one attached hydrogen (secondary N) is 2. The first-order valence-electron chi connectivity index (χ1n) is 22.1. The fraction of sp³-hybridized carbons (Fsp3) is 0.302. The summed E-state index contributed by atoms with van der Waals surface area (Å²) < 4.78 is 54.3. The number of nitrogens with zero attached hydrogens (tertiary/aromatic N) is 1. The summed E-state index contributed by atoms with van der Waals surface area (Å²) in [6, 6.07) is 43.1. The lowest BCUT2D eigenvalue weighted by atomic mass is 9.89. The minimum atomic E-state index is -3.97. The molecule has 8 rings (SSSR count). The van der Waals surface area contributed by atoms with Gasteiger partial charge in [0, 0.05) is 37.7 Å². The largest absolute Gasteiger partial charge is 0.493 e. The summed E-state index contributed by atoms with van der Waals surface area (Å²) in [6.45, 7) is 6.62. The van der Waals surface area contributed by atoms with E-state index in [2.05, 4.69) is 46.1 Å². The summed E-state index contributed by atoms with van der Waals surface area (Å²) >= 11 is 0. The monoisotopic (exact) mass is 895 g/mol. The molecule has 5 atom stereocenters. The number of carbonyl (C=O) groups excluding carboxylic acids is 1. The SMILES string of the molecule is COc1cc2c(cc1OC)CN(C[C@@H]1O[C@H](c3ccc(-c4cccc(CNC(=O)[C@@H](Cc5ccccc5)NS(=O)(=O)c5ccc(C)cc5)c4)cc3)O[C@H](c3ccc(CO)cc3)[C@@H]1C)CC2. The Kier molecular flexibility index (Phi) is 14.4. The molecular formula is C53H57N3O8S. The zero-order valence-corrected chi connectivity index (χ0v) is 38.1. The van der Waals surface area contributed by atoms with Gasteiger partial charge in [-0.3, -0.25) is 9.69 Å². The number of carbonyl (C=O) groups is 1. The number of aryl methyl sites for hydroxylation is 1. The van der Waals surface area contributed by atoms with E-state index in [-0.39, 0.29) is 42.6 Å². The average Bonchev–Trinajstić information content (AvgIpc) is 3.33. The quantitative estimate of drug-likeness (QED) is 0.0879. The molecule has 2 aliphatic heterocycles. The molecule has 1 amide bonds. The number of ether oxygens (including phenoxy) is 4. The number of aliphatic hydroxyl groups is 1. The molecule has 2 aliphatic rings. The maximum atomic E-state index is 13.7. The van der Waals surface area contributed by atoms with Gasteiger partial charge < -0.3 is 29.4 Å². The zero-order valence-electron chi connectivity index (χ0n) is 37.3. The van der Waals surface area contributed by atoms with Crippen LogP contribution in [0.15, 0.2) is 144 Å². The van der Waals surface area contributed by atoms with Crippen molar-refractivity contribution in [2.45, 2.75) is 75.8 Å². The number of sulfonamides is 1. The van der Waals surface area contributed by atoms with Crippen LogP contribution in [0, 0.1) is 12.8 Å². The van der Waals surface area contributed by atoms with E-state index in [0.29, 0.717) is 6.54 Å². The Morgan fingerprint density at radius 2 is 1.45 bits per heavy atom. The molecule has 1 fully saturated rings. The first-order chi connectivity index (χ1) is 31.5. The molecule has 6 aromatic rings. The Hall–Kier alpha value is -5.86. The molecule has 0 radical (unpaired) electrons. The van der Waals surface area contributed by atoms with Crippen LogP contribution in [0.3, 0.4) is 0 Å². The maximum Gasteiger partial charge on any atom is 0.241 e. The molecule has 0 aromatic heterocycles. The van der Waals surface area contributed by atoms with Crippen LogP contribution in [0.1, 0.15) is 63.8 Å². The lowest BCUT2D eigenvalue weighted by molar-refractivity contribution is -0.276. The number of fused-ring (bicyclic) bond motifs is 1. The van der Waals surface area contributed by atoms with Crippen molar-refractivity contribution in [3.8, 4) is 22.6 Å². The predicted molar refractivity (Wildman–Crippen MR) is 251 cm³/mol. The second kappa shape index (κ2) is 20.5. The fourth-order valence-electron chi connectivity index (χ4n) is 8.70. The summed E-state index contributed by atoms with van der Waals surface area (Å²) in [6.07, 6.45) is 0.0678. The Morgan fingerprint density at radius 1 is 0.769 bits per heavy atom. The van der Waals surface area contributed by atoms with Crippen LogP contribution in [-0.4, -0.2) is 63.8 Å². The highest BCUT2D eigenvalue weighted by Crippen LogP contribution is 2.43. The van der Waals surface area contributed by atoms with E-state index in [4.69, 9.17) is 18.9 Å². The molecule has 0 bridgehead atoms. The molecular weight excluding hydrogens is 839 g/mol. The van der Waals surface area contributed by atoms with Crippen molar-refractivity contribution in [2.75, 3.05) is 27.3 Å². The Morgan fingerprint density at radius 3 is 2.14 bits per heavy atom. The minimum absolute atomic E-state index is 0.0270. The van der Waals surface area contributed by atoms with E-state index in [0.717, 1.165) is 75.5 Å². The average molecular weight is 896 g/mol. The third-order valence-electron chi connectivity index (χ3n) is 12.5. The van der Waals surface area contributed by atoms with Crippen LogP contribution in [0.4, 0.5) is 0 Å². The summed E-state index contributed by atoms with van der Waals surface area (Å²) in [5, 5.41) is 12.7. The van der Waals surface area contributed by atoms with E-state index >= 15 is 0 Å². The van der Waals surface area contributed by atoms with Crippen LogP contribution >= 0.6 is 0 Å². The minimum Gasteiger partial charge on any atom is -0.493 e. The molecule has 0 spiro atoms. The third kappa shape index (κ3) is 11.0. The summed E-state index contributed by atoms with van der Waals surface area (Å²) in [7, 11) is -0.644. The second-order valence-electron chi connectivity index (χ2n) is 17.0. The van der Waals surface area contributed by atoms with Gasteiger partial charge in [-0.25, -0.2) is 8.42 Å². The molecule has 338 valence electrons. The summed E-state index contributed by atoms with van der Waals surface area (Å²) in [4.78, 5) is 16.3. The highest BCUT2D eigenvalue weighted by Gasteiger charge is 2.39. The molecule has 0 unspecified atom stereocenters. The molecule has 12 heteroatoms. The Labute approximate surface area is 382 Å². The summed E-state index contributed by atoms with van der Waals surface area (Å²) in [5.74, 6) is 1.08. The standard InChI is InChI=1S/C53H57N3O8S/c1-35-13-23-46(24-14-35)65(59,60)55-47(28-37-9-6-5-7-10-37)52(58)54-31-39-11-8-12-43(27-39)40-19-21-42(22-20-40)53-63-50(36(2)51(64-53)41-17-15-38(34-57)16-18-41)33-56-26-25-44-29-48(61-3)49(62-4)30-45(44)32-56/h5-24,27,29-30,36,47,50-51,53,55,57H,25-26,28,31-34H2,1-4H3,(H,54,58)/t36-,47-,50+,51+,53+/m1/s1. The molecule has 11 nitrogen and oxygen atoms in total. The van der Waals surface area contributed by atoms with Crippen molar-refractivity contribution < 1.29 is 37.3 Å². The van der Waals surface area contributed by atoms with Gasteiger partial charge in [-0.1, -0.05) is 122 Å². The Bertz CT molecular complexity index is 2660. The van der Waals surface area contributed by atoms with E-state index < -0.39 is 28.3 Å². The van der Waals surface area contributed by atoms with Crippen molar-refractivity contribution >= 4 is 15.9 Å². The van der Waals surface area contributed by atoms with Gasteiger partial charge in [0.2, 0.25) is 15.9 Å². The lowest BCUT2D eigenvalue weighted by Crippen LogP contribution is -2.47. The van der Waals surface area contributed by atoms with Crippen LogP contribution < -0.4 is 19.5 Å². The van der Waals surface area contributed by atoms with Gasteiger partial charge in [-0.05, 0) is 94.6 Å². The smallest absolute Gasteiger partial charge is 0.241 e. The van der Waals surface area contributed by atoms with Crippen molar-refractivity contribution in [1.29, 1.82) is 0 Å². The van der Waals surface area contributed by atoms with E-state index in [1.165, 1.54) is 11.1 Å². The first-order valence-corrected chi connectivity index (χ1v) is 23.5. The number of amides is 1. The number of rotatable bonds is 16. The first kappa shape index (κ1) is 45.7. The van der Waals surface area contributed by atoms with Crippen LogP contribution in [0.5, 0.6) is 11.5 Å².